The molecule has 0 radical (unpaired) electrons. The van der Waals surface area contributed by atoms with Crippen LogP contribution in [0.15, 0.2) is 22.7 Å². The van der Waals surface area contributed by atoms with Crippen molar-refractivity contribution in [3.63, 3.8) is 0 Å². The van der Waals surface area contributed by atoms with Crippen molar-refractivity contribution in [2.24, 2.45) is 0 Å². The van der Waals surface area contributed by atoms with Gasteiger partial charge in [0.25, 0.3) is 5.69 Å². The van der Waals surface area contributed by atoms with E-state index in [1.54, 1.807) is 19.2 Å². The van der Waals surface area contributed by atoms with E-state index in [-0.39, 0.29) is 18.0 Å². The first-order chi connectivity index (χ1) is 8.04. The van der Waals surface area contributed by atoms with Gasteiger partial charge in [0.1, 0.15) is 5.69 Å². The number of hydrogen-bond acceptors (Lipinski definition) is 4. The Morgan fingerprint density at radius 3 is 2.82 bits per heavy atom. The van der Waals surface area contributed by atoms with E-state index in [2.05, 4.69) is 26.6 Å². The lowest BCUT2D eigenvalue weighted by atomic mass is 10.2. The zero-order valence-electron chi connectivity index (χ0n) is 9.20. The number of halogens is 1. The number of anilines is 1. The maximum absolute atomic E-state index is 11.0. The SMILES string of the molecule is CNC(=O)CCNc1cc(Br)ccc1[N+](=O)[O-]. The van der Waals surface area contributed by atoms with E-state index >= 15 is 0 Å². The largest absolute Gasteiger partial charge is 0.379 e. The highest BCUT2D eigenvalue weighted by Gasteiger charge is 2.13. The monoisotopic (exact) mass is 301 g/mol. The number of hydrogen-bond donors (Lipinski definition) is 2. The first kappa shape index (κ1) is 13.4. The molecule has 0 saturated carbocycles. The lowest BCUT2D eigenvalue weighted by Gasteiger charge is -2.06. The van der Waals surface area contributed by atoms with Gasteiger partial charge in [-0.2, -0.15) is 0 Å². The molecule has 0 heterocycles. The zero-order chi connectivity index (χ0) is 12.8. The molecule has 0 unspecified atom stereocenters. The molecular weight excluding hydrogens is 290 g/mol. The van der Waals surface area contributed by atoms with Crippen molar-refractivity contribution in [2.75, 3.05) is 18.9 Å². The van der Waals surface area contributed by atoms with Crippen LogP contribution >= 0.6 is 15.9 Å². The first-order valence-corrected chi connectivity index (χ1v) is 5.72. The number of nitrogens with one attached hydrogen (secondary N) is 2. The second kappa shape index (κ2) is 6.19. The highest BCUT2D eigenvalue weighted by molar-refractivity contribution is 9.10. The van der Waals surface area contributed by atoms with Gasteiger partial charge in [-0.15, -0.1) is 0 Å². The Kier molecular flexibility index (Phi) is 4.89. The summed E-state index contributed by atoms with van der Waals surface area (Å²) in [6.45, 7) is 0.344. The van der Waals surface area contributed by atoms with E-state index in [4.69, 9.17) is 0 Å². The van der Waals surface area contributed by atoms with Gasteiger partial charge in [-0.3, -0.25) is 14.9 Å². The van der Waals surface area contributed by atoms with Gasteiger partial charge in [0, 0.05) is 30.6 Å². The molecule has 1 amide bonds. The summed E-state index contributed by atoms with van der Waals surface area (Å²) in [7, 11) is 1.55. The predicted molar refractivity (Wildman–Crippen MR) is 68.0 cm³/mol. The number of carbonyl (C=O) groups is 1. The van der Waals surface area contributed by atoms with Crippen LogP contribution in [0.3, 0.4) is 0 Å². The number of nitro groups is 1. The fourth-order valence-electron chi connectivity index (χ4n) is 1.24. The average molecular weight is 302 g/mol. The maximum atomic E-state index is 11.0. The Balaban J connectivity index is 2.72. The number of rotatable bonds is 5. The molecule has 2 N–H and O–H groups in total. The second-order valence-corrected chi connectivity index (χ2v) is 4.18. The first-order valence-electron chi connectivity index (χ1n) is 4.93. The maximum Gasteiger partial charge on any atom is 0.292 e. The number of nitrogens with zero attached hydrogens (tertiary/aromatic N) is 1. The minimum atomic E-state index is -0.464. The summed E-state index contributed by atoms with van der Waals surface area (Å²) in [6.07, 6.45) is 0.264. The predicted octanol–water partition coefficient (Wildman–Crippen LogP) is 1.91. The summed E-state index contributed by atoms with van der Waals surface area (Å²) in [6, 6.07) is 4.62. The number of amides is 1. The molecule has 1 aromatic carbocycles. The van der Waals surface area contributed by atoms with Gasteiger partial charge in [-0.1, -0.05) is 15.9 Å². The average Bonchev–Trinajstić information content (AvgIpc) is 2.28. The molecule has 0 aliphatic rings. The van der Waals surface area contributed by atoms with Gasteiger partial charge in [-0.25, -0.2) is 0 Å². The van der Waals surface area contributed by atoms with Crippen LogP contribution < -0.4 is 10.6 Å². The van der Waals surface area contributed by atoms with Gasteiger partial charge in [0.05, 0.1) is 4.92 Å². The smallest absolute Gasteiger partial charge is 0.292 e. The van der Waals surface area contributed by atoms with Crippen molar-refractivity contribution in [1.82, 2.24) is 5.32 Å². The quantitative estimate of drug-likeness (QED) is 0.643. The third-order valence-corrected chi connectivity index (χ3v) is 2.59. The van der Waals surface area contributed by atoms with E-state index in [0.29, 0.717) is 12.2 Å². The van der Waals surface area contributed by atoms with Crippen molar-refractivity contribution in [1.29, 1.82) is 0 Å². The van der Waals surface area contributed by atoms with E-state index in [1.165, 1.54) is 6.07 Å². The highest BCUT2D eigenvalue weighted by Crippen LogP contribution is 2.27. The van der Waals surface area contributed by atoms with E-state index in [9.17, 15) is 14.9 Å². The molecule has 0 atom stereocenters. The van der Waals surface area contributed by atoms with Crippen LogP contribution in [0, 0.1) is 10.1 Å². The fraction of sp³-hybridized carbons (Fsp3) is 0.300. The van der Waals surface area contributed by atoms with Gasteiger partial charge in [0.15, 0.2) is 0 Å². The van der Waals surface area contributed by atoms with Crippen LogP contribution in [0.4, 0.5) is 11.4 Å². The summed E-state index contributed by atoms with van der Waals surface area (Å²) in [5.41, 5.74) is 0.387. The molecule has 17 heavy (non-hydrogen) atoms. The van der Waals surface area contributed by atoms with Crippen LogP contribution in [0.2, 0.25) is 0 Å². The van der Waals surface area contributed by atoms with Crippen molar-refractivity contribution in [2.45, 2.75) is 6.42 Å². The number of nitro benzene ring substituents is 1. The Labute approximate surface area is 107 Å². The Morgan fingerprint density at radius 2 is 2.24 bits per heavy atom. The molecule has 0 fully saturated rings. The lowest BCUT2D eigenvalue weighted by molar-refractivity contribution is -0.384. The van der Waals surface area contributed by atoms with Crippen molar-refractivity contribution in [3.8, 4) is 0 Å². The van der Waals surface area contributed by atoms with Gasteiger partial charge in [-0.05, 0) is 12.1 Å². The minimum absolute atomic E-state index is 0.00916. The summed E-state index contributed by atoms with van der Waals surface area (Å²) in [4.78, 5) is 21.3. The zero-order valence-corrected chi connectivity index (χ0v) is 10.8. The summed E-state index contributed by atoms with van der Waals surface area (Å²) in [5, 5.41) is 16.1. The second-order valence-electron chi connectivity index (χ2n) is 3.27. The molecule has 7 heteroatoms. The van der Waals surface area contributed by atoms with Crippen molar-refractivity contribution < 1.29 is 9.72 Å². The molecule has 1 aromatic rings. The van der Waals surface area contributed by atoms with Gasteiger partial charge in [0.2, 0.25) is 5.91 Å². The van der Waals surface area contributed by atoms with Crippen LogP contribution in [0.5, 0.6) is 0 Å². The summed E-state index contributed by atoms with van der Waals surface area (Å²) < 4.78 is 0.741. The van der Waals surface area contributed by atoms with E-state index in [0.717, 1.165) is 4.47 Å². The molecule has 0 aliphatic heterocycles. The van der Waals surface area contributed by atoms with Gasteiger partial charge < -0.3 is 10.6 Å². The Hall–Kier alpha value is -1.63. The molecule has 1 rings (SSSR count). The van der Waals surface area contributed by atoms with Crippen molar-refractivity contribution in [3.05, 3.63) is 32.8 Å². The van der Waals surface area contributed by atoms with Crippen molar-refractivity contribution >= 4 is 33.2 Å². The van der Waals surface area contributed by atoms with E-state index in [1.807, 2.05) is 0 Å². The van der Waals surface area contributed by atoms with E-state index < -0.39 is 4.92 Å². The van der Waals surface area contributed by atoms with Crippen LogP contribution in [0.1, 0.15) is 6.42 Å². The highest BCUT2D eigenvalue weighted by atomic mass is 79.9. The third kappa shape index (κ3) is 4.03. The number of carbonyl (C=O) groups excluding carboxylic acids is 1. The third-order valence-electron chi connectivity index (χ3n) is 2.10. The molecule has 0 aromatic heterocycles. The van der Waals surface area contributed by atoms with Crippen LogP contribution in [0.25, 0.3) is 0 Å². The molecule has 0 saturated heterocycles. The molecule has 92 valence electrons. The Bertz CT molecular complexity index is 437. The van der Waals surface area contributed by atoms with Gasteiger partial charge >= 0.3 is 0 Å². The number of benzene rings is 1. The fourth-order valence-corrected chi connectivity index (χ4v) is 1.61. The molecular formula is C10H12BrN3O3. The normalized spacial score (nSPS) is 9.76. The topological polar surface area (TPSA) is 84.3 Å². The standard InChI is InChI=1S/C10H12BrN3O3/c1-12-10(15)4-5-13-8-6-7(11)2-3-9(8)14(16)17/h2-3,6,13H,4-5H2,1H3,(H,12,15). The lowest BCUT2D eigenvalue weighted by Crippen LogP contribution is -2.20. The van der Waals surface area contributed by atoms with Crippen LogP contribution in [-0.4, -0.2) is 24.4 Å². The molecule has 6 nitrogen and oxygen atoms in total. The summed E-state index contributed by atoms with van der Waals surface area (Å²) in [5.74, 6) is -0.116. The minimum Gasteiger partial charge on any atom is -0.379 e. The molecule has 0 spiro atoms. The Morgan fingerprint density at radius 1 is 1.53 bits per heavy atom. The molecule has 0 bridgehead atoms. The molecule has 0 aliphatic carbocycles. The summed E-state index contributed by atoms with van der Waals surface area (Å²) >= 11 is 3.24. The van der Waals surface area contributed by atoms with Crippen LogP contribution in [-0.2, 0) is 4.79 Å².